The number of epoxide rings is 1. The molecule has 1 aromatic rings. The molecule has 5 fully saturated rings. The number of Topliss-reactive ketones (excluding diaryl/α,β-unsaturated/α-hetero) is 1. The first-order chi connectivity index (χ1) is 16.4. The van der Waals surface area contributed by atoms with Crippen molar-refractivity contribution in [1.29, 1.82) is 0 Å². The summed E-state index contributed by atoms with van der Waals surface area (Å²) in [7, 11) is 1.38. The number of furan rings is 1. The first-order valence-electron chi connectivity index (χ1n) is 12.6. The fourth-order valence-electron chi connectivity index (χ4n) is 9.17. The van der Waals surface area contributed by atoms with E-state index in [4.69, 9.17) is 23.4 Å². The van der Waals surface area contributed by atoms with Crippen LogP contribution in [0.5, 0.6) is 0 Å². The van der Waals surface area contributed by atoms with Gasteiger partial charge in [0.1, 0.15) is 17.5 Å². The maximum absolute atomic E-state index is 14.2. The lowest BCUT2D eigenvalue weighted by atomic mass is 9.37. The molecule has 8 nitrogen and oxygen atoms in total. The quantitative estimate of drug-likeness (QED) is 0.470. The number of esters is 2. The van der Waals surface area contributed by atoms with Gasteiger partial charge in [-0.05, 0) is 45.6 Å². The average molecular weight is 487 g/mol. The van der Waals surface area contributed by atoms with E-state index in [1.807, 2.05) is 26.8 Å². The first-order valence-corrected chi connectivity index (χ1v) is 12.6. The van der Waals surface area contributed by atoms with Crippen molar-refractivity contribution in [2.75, 3.05) is 7.11 Å². The molecule has 8 heteroatoms. The molecule has 0 radical (unpaired) electrons. The van der Waals surface area contributed by atoms with Gasteiger partial charge in [0.25, 0.3) is 0 Å². The zero-order valence-electron chi connectivity index (χ0n) is 21.2. The Morgan fingerprint density at radius 2 is 1.83 bits per heavy atom. The Balaban J connectivity index is 1.49. The van der Waals surface area contributed by atoms with Crippen molar-refractivity contribution in [3.63, 3.8) is 0 Å². The van der Waals surface area contributed by atoms with E-state index in [9.17, 15) is 14.4 Å². The highest BCUT2D eigenvalue weighted by Gasteiger charge is 2.89. The Morgan fingerprint density at radius 1 is 1.09 bits per heavy atom. The Bertz CT molecular complexity index is 1110. The third kappa shape index (κ3) is 2.48. The second-order valence-electron chi connectivity index (χ2n) is 12.4. The summed E-state index contributed by atoms with van der Waals surface area (Å²) in [5, 5.41) is 0. The summed E-state index contributed by atoms with van der Waals surface area (Å²) in [5.74, 6) is -0.842. The minimum Gasteiger partial charge on any atom is -0.472 e. The molecule has 1 aromatic heterocycles. The molecule has 2 aliphatic carbocycles. The monoisotopic (exact) mass is 486 g/mol. The van der Waals surface area contributed by atoms with Crippen LogP contribution in [0.4, 0.5) is 0 Å². The number of ketones is 1. The van der Waals surface area contributed by atoms with Gasteiger partial charge >= 0.3 is 11.9 Å². The van der Waals surface area contributed by atoms with Crippen LogP contribution in [-0.4, -0.2) is 48.2 Å². The van der Waals surface area contributed by atoms with Crippen molar-refractivity contribution in [1.82, 2.24) is 0 Å². The van der Waals surface area contributed by atoms with Gasteiger partial charge in [0.2, 0.25) is 0 Å². The Labute approximate surface area is 205 Å². The molecule has 3 aliphatic heterocycles. The number of cyclic esters (lactones) is 1. The van der Waals surface area contributed by atoms with E-state index in [1.165, 1.54) is 7.11 Å². The van der Waals surface area contributed by atoms with Crippen LogP contribution in [0.25, 0.3) is 0 Å². The number of methoxy groups -OCH3 is 1. The maximum atomic E-state index is 14.2. The third-order valence-electron chi connectivity index (χ3n) is 10.8. The standard InChI is InChI=1S/C27H34O8/c1-23(2)16-11-17(28)26(5)15(25(16,4)18(34-23)12-19(29)31-6)7-9-24(3)20(14-8-10-32-13-14)33-22(30)21-27(24,26)35-21/h8,10,13,15-16,18,20-21H,7,9,11-12H2,1-6H3/t15-,16+,18+,20+,21-,24+,25-,26+,27-/m1/s1. The summed E-state index contributed by atoms with van der Waals surface area (Å²) >= 11 is 0. The van der Waals surface area contributed by atoms with Crippen molar-refractivity contribution < 1.29 is 37.7 Å². The van der Waals surface area contributed by atoms with Crippen LogP contribution < -0.4 is 0 Å². The van der Waals surface area contributed by atoms with Gasteiger partial charge < -0.3 is 23.4 Å². The third-order valence-corrected chi connectivity index (χ3v) is 10.8. The predicted molar refractivity (Wildman–Crippen MR) is 121 cm³/mol. The fraction of sp³-hybridized carbons (Fsp3) is 0.741. The van der Waals surface area contributed by atoms with Crippen LogP contribution >= 0.6 is 0 Å². The van der Waals surface area contributed by atoms with E-state index in [2.05, 4.69) is 13.8 Å². The Morgan fingerprint density at radius 3 is 2.49 bits per heavy atom. The highest BCUT2D eigenvalue weighted by atomic mass is 16.7. The number of fused-ring (bicyclic) bond motifs is 3. The van der Waals surface area contributed by atoms with Gasteiger partial charge in [0.15, 0.2) is 6.10 Å². The van der Waals surface area contributed by atoms with E-state index < -0.39 is 51.7 Å². The van der Waals surface area contributed by atoms with Crippen LogP contribution in [0.3, 0.4) is 0 Å². The van der Waals surface area contributed by atoms with Gasteiger partial charge in [-0.25, -0.2) is 4.79 Å². The molecular formula is C27H34O8. The van der Waals surface area contributed by atoms with Crippen LogP contribution in [-0.2, 0) is 33.3 Å². The highest BCUT2D eigenvalue weighted by molar-refractivity contribution is 5.93. The number of hydrogen-bond acceptors (Lipinski definition) is 8. The summed E-state index contributed by atoms with van der Waals surface area (Å²) in [5.41, 5.74) is -2.79. The molecule has 9 atom stereocenters. The van der Waals surface area contributed by atoms with Crippen LogP contribution in [0, 0.1) is 28.1 Å². The molecule has 35 heavy (non-hydrogen) atoms. The molecule has 1 spiro atoms. The zero-order chi connectivity index (χ0) is 25.2. The number of hydrogen-bond donors (Lipinski definition) is 0. The molecule has 6 rings (SSSR count). The molecule has 3 saturated heterocycles. The van der Waals surface area contributed by atoms with Gasteiger partial charge in [-0.2, -0.15) is 0 Å². The Kier molecular flexibility index (Phi) is 4.49. The molecule has 0 amide bonds. The van der Waals surface area contributed by atoms with E-state index in [1.54, 1.807) is 12.5 Å². The largest absolute Gasteiger partial charge is 0.472 e. The second kappa shape index (κ2) is 6.76. The maximum Gasteiger partial charge on any atom is 0.339 e. The minimum atomic E-state index is -0.978. The van der Waals surface area contributed by atoms with E-state index in [-0.39, 0.29) is 30.0 Å². The molecule has 0 aromatic carbocycles. The van der Waals surface area contributed by atoms with Gasteiger partial charge in [-0.15, -0.1) is 0 Å². The predicted octanol–water partition coefficient (Wildman–Crippen LogP) is 3.77. The van der Waals surface area contributed by atoms with Crippen LogP contribution in [0.15, 0.2) is 23.0 Å². The lowest BCUT2D eigenvalue weighted by Crippen LogP contribution is -2.71. The smallest absolute Gasteiger partial charge is 0.339 e. The van der Waals surface area contributed by atoms with Gasteiger partial charge in [0.05, 0.1) is 43.2 Å². The lowest BCUT2D eigenvalue weighted by Gasteiger charge is -2.64. The summed E-state index contributed by atoms with van der Waals surface area (Å²) in [6.07, 6.45) is 3.31. The summed E-state index contributed by atoms with van der Waals surface area (Å²) in [4.78, 5) is 39.8. The topological polar surface area (TPSA) is 105 Å². The number of ether oxygens (including phenoxy) is 4. The summed E-state index contributed by atoms with van der Waals surface area (Å²) < 4.78 is 29.2. The van der Waals surface area contributed by atoms with Crippen molar-refractivity contribution in [3.05, 3.63) is 24.2 Å². The minimum absolute atomic E-state index is 0.0617. The highest BCUT2D eigenvalue weighted by Crippen LogP contribution is 2.79. The van der Waals surface area contributed by atoms with Crippen LogP contribution in [0.2, 0.25) is 0 Å². The molecule has 0 bridgehead atoms. The van der Waals surface area contributed by atoms with Gasteiger partial charge in [-0.3, -0.25) is 9.59 Å². The Hall–Kier alpha value is -2.19. The van der Waals surface area contributed by atoms with E-state index >= 15 is 0 Å². The average Bonchev–Trinajstić information content (AvgIpc) is 3.30. The summed E-state index contributed by atoms with van der Waals surface area (Å²) in [6, 6.07) is 1.81. The van der Waals surface area contributed by atoms with E-state index in [0.29, 0.717) is 12.8 Å². The van der Waals surface area contributed by atoms with E-state index in [0.717, 1.165) is 12.0 Å². The van der Waals surface area contributed by atoms with Crippen LogP contribution in [0.1, 0.15) is 72.0 Å². The fourth-order valence-corrected chi connectivity index (χ4v) is 9.17. The molecule has 190 valence electrons. The molecule has 0 unspecified atom stereocenters. The molecular weight excluding hydrogens is 452 g/mol. The number of rotatable bonds is 3. The SMILES string of the molecule is COC(=O)C[C@@H]1OC(C)(C)[C@@H]2CC(=O)[C@]3(C)[C@H](CC[C@@]4(C)[C@H](c5ccoc5)OC(=O)[C@H]5O[C@]543)[C@@]12C. The molecule has 0 N–H and O–H groups in total. The van der Waals surface area contributed by atoms with Crippen molar-refractivity contribution in [3.8, 4) is 0 Å². The van der Waals surface area contributed by atoms with Crippen molar-refractivity contribution in [2.45, 2.75) is 89.8 Å². The zero-order valence-corrected chi connectivity index (χ0v) is 21.2. The number of carbonyl (C=O) groups is 3. The first kappa shape index (κ1) is 23.2. The molecule has 4 heterocycles. The normalized spacial score (nSPS) is 49.3. The molecule has 5 aliphatic rings. The second-order valence-corrected chi connectivity index (χ2v) is 12.4. The van der Waals surface area contributed by atoms with Gasteiger partial charge in [-0.1, -0.05) is 13.8 Å². The summed E-state index contributed by atoms with van der Waals surface area (Å²) in [6.45, 7) is 10.3. The molecule has 2 saturated carbocycles. The number of carbonyl (C=O) groups excluding carboxylic acids is 3. The van der Waals surface area contributed by atoms with Crippen molar-refractivity contribution >= 4 is 17.7 Å². The van der Waals surface area contributed by atoms with Crippen molar-refractivity contribution in [2.24, 2.45) is 28.1 Å². The lowest BCUT2D eigenvalue weighted by molar-refractivity contribution is -0.211. The van der Waals surface area contributed by atoms with Gasteiger partial charge in [0, 0.05) is 28.7 Å².